The average Bonchev–Trinajstić information content (AvgIpc) is 2.76. The molecule has 1 aliphatic rings. The molecule has 20 heavy (non-hydrogen) atoms. The first-order valence-electron chi connectivity index (χ1n) is 7.45. The van der Waals surface area contributed by atoms with Crippen LogP contribution >= 0.6 is 0 Å². The minimum absolute atomic E-state index is 0.270. The van der Waals surface area contributed by atoms with Gasteiger partial charge in [0.15, 0.2) is 0 Å². The maximum Gasteiger partial charge on any atom is 0.341 e. The van der Waals surface area contributed by atoms with E-state index < -0.39 is 0 Å². The van der Waals surface area contributed by atoms with Gasteiger partial charge < -0.3 is 4.74 Å². The standard InChI is InChI=1S/C15H25N3O2/c1-5-20-15(19)13-8-16-17(4)14(13)10-18-9-11(2)6-7-12(18)3/h8,11-12H,5-7,9-10H2,1-4H3. The highest BCUT2D eigenvalue weighted by atomic mass is 16.5. The monoisotopic (exact) mass is 279 g/mol. The van der Waals surface area contributed by atoms with Crippen molar-refractivity contribution in [1.82, 2.24) is 14.7 Å². The molecule has 0 bridgehead atoms. The number of piperidine rings is 1. The number of aromatic nitrogens is 2. The number of nitrogens with zero attached hydrogens (tertiary/aromatic N) is 3. The van der Waals surface area contributed by atoms with Crippen LogP contribution in [0, 0.1) is 5.92 Å². The topological polar surface area (TPSA) is 47.4 Å². The van der Waals surface area contributed by atoms with Gasteiger partial charge in [0.1, 0.15) is 5.56 Å². The van der Waals surface area contributed by atoms with Crippen molar-refractivity contribution < 1.29 is 9.53 Å². The predicted octanol–water partition coefficient (Wildman–Crippen LogP) is 2.22. The van der Waals surface area contributed by atoms with Crippen molar-refractivity contribution in [3.63, 3.8) is 0 Å². The van der Waals surface area contributed by atoms with Crippen LogP contribution in [0.3, 0.4) is 0 Å². The number of likely N-dealkylation sites (tertiary alicyclic amines) is 1. The second kappa shape index (κ2) is 6.39. The number of carbonyl (C=O) groups excluding carboxylic acids is 1. The molecule has 1 aromatic heterocycles. The fourth-order valence-corrected chi connectivity index (χ4v) is 2.82. The maximum absolute atomic E-state index is 12.0. The van der Waals surface area contributed by atoms with E-state index in [-0.39, 0.29) is 5.97 Å². The third-order valence-corrected chi connectivity index (χ3v) is 4.16. The first-order valence-corrected chi connectivity index (χ1v) is 7.45. The third-order valence-electron chi connectivity index (χ3n) is 4.16. The molecule has 1 fully saturated rings. The molecule has 2 heterocycles. The molecule has 1 saturated heterocycles. The minimum atomic E-state index is -0.270. The van der Waals surface area contributed by atoms with Gasteiger partial charge in [-0.1, -0.05) is 6.92 Å². The van der Waals surface area contributed by atoms with Crippen LogP contribution in [0.15, 0.2) is 6.20 Å². The predicted molar refractivity (Wildman–Crippen MR) is 77.4 cm³/mol. The van der Waals surface area contributed by atoms with Crippen LogP contribution in [0.4, 0.5) is 0 Å². The minimum Gasteiger partial charge on any atom is -0.462 e. The number of carbonyl (C=O) groups is 1. The van der Waals surface area contributed by atoms with Crippen LogP contribution in [0.2, 0.25) is 0 Å². The van der Waals surface area contributed by atoms with Crippen molar-refractivity contribution in [2.75, 3.05) is 13.2 Å². The Bertz CT molecular complexity index is 470. The van der Waals surface area contributed by atoms with Crippen LogP contribution in [0.5, 0.6) is 0 Å². The van der Waals surface area contributed by atoms with Crippen molar-refractivity contribution in [2.45, 2.75) is 46.2 Å². The van der Waals surface area contributed by atoms with Crippen LogP contribution < -0.4 is 0 Å². The molecule has 0 saturated carbocycles. The summed E-state index contributed by atoms with van der Waals surface area (Å²) in [5.74, 6) is 0.443. The van der Waals surface area contributed by atoms with E-state index in [0.717, 1.165) is 18.8 Å². The van der Waals surface area contributed by atoms with Crippen LogP contribution in [-0.4, -0.2) is 39.8 Å². The quantitative estimate of drug-likeness (QED) is 0.793. The molecule has 0 radical (unpaired) electrons. The Labute approximate surface area is 120 Å². The Morgan fingerprint density at radius 3 is 2.90 bits per heavy atom. The molecular weight excluding hydrogens is 254 g/mol. The van der Waals surface area contributed by atoms with Gasteiger partial charge in [0, 0.05) is 26.2 Å². The van der Waals surface area contributed by atoms with Gasteiger partial charge in [0.2, 0.25) is 0 Å². The zero-order valence-corrected chi connectivity index (χ0v) is 12.9. The van der Waals surface area contributed by atoms with E-state index in [1.165, 1.54) is 12.8 Å². The highest BCUT2D eigenvalue weighted by molar-refractivity contribution is 5.90. The molecular formula is C15H25N3O2. The van der Waals surface area contributed by atoms with Gasteiger partial charge in [-0.2, -0.15) is 5.10 Å². The van der Waals surface area contributed by atoms with Crippen LogP contribution in [0.25, 0.3) is 0 Å². The Morgan fingerprint density at radius 2 is 2.20 bits per heavy atom. The van der Waals surface area contributed by atoms with Gasteiger partial charge in [-0.25, -0.2) is 4.79 Å². The summed E-state index contributed by atoms with van der Waals surface area (Å²) in [4.78, 5) is 14.4. The zero-order chi connectivity index (χ0) is 14.7. The molecule has 112 valence electrons. The number of esters is 1. The Morgan fingerprint density at radius 1 is 1.45 bits per heavy atom. The largest absolute Gasteiger partial charge is 0.462 e. The van der Waals surface area contributed by atoms with Gasteiger partial charge in [-0.3, -0.25) is 9.58 Å². The number of rotatable bonds is 4. The van der Waals surface area contributed by atoms with Crippen LogP contribution in [-0.2, 0) is 18.3 Å². The van der Waals surface area contributed by atoms with Crippen molar-refractivity contribution in [3.05, 3.63) is 17.5 Å². The summed E-state index contributed by atoms with van der Waals surface area (Å²) < 4.78 is 6.90. The maximum atomic E-state index is 12.0. The fraction of sp³-hybridized carbons (Fsp3) is 0.733. The van der Waals surface area contributed by atoms with E-state index in [2.05, 4.69) is 23.8 Å². The van der Waals surface area contributed by atoms with Crippen molar-refractivity contribution in [3.8, 4) is 0 Å². The number of ether oxygens (including phenoxy) is 1. The summed E-state index contributed by atoms with van der Waals surface area (Å²) >= 11 is 0. The first-order chi connectivity index (χ1) is 9.52. The zero-order valence-electron chi connectivity index (χ0n) is 12.9. The molecule has 2 rings (SSSR count). The van der Waals surface area contributed by atoms with Crippen LogP contribution in [0.1, 0.15) is 49.7 Å². The van der Waals surface area contributed by atoms with Gasteiger partial charge in [0.25, 0.3) is 0 Å². The van der Waals surface area contributed by atoms with E-state index >= 15 is 0 Å². The van der Waals surface area contributed by atoms with Gasteiger partial charge in [-0.15, -0.1) is 0 Å². The SMILES string of the molecule is CCOC(=O)c1cnn(C)c1CN1CC(C)CCC1C. The third kappa shape index (κ3) is 3.20. The Kier molecular flexibility index (Phi) is 4.81. The van der Waals surface area contributed by atoms with Gasteiger partial charge in [-0.05, 0) is 32.6 Å². The molecule has 0 aromatic carbocycles. The summed E-state index contributed by atoms with van der Waals surface area (Å²) in [6, 6.07) is 0.552. The molecule has 5 nitrogen and oxygen atoms in total. The summed E-state index contributed by atoms with van der Waals surface area (Å²) in [6.45, 7) is 8.60. The molecule has 5 heteroatoms. The van der Waals surface area contributed by atoms with Gasteiger partial charge in [0.05, 0.1) is 18.5 Å². The number of aryl methyl sites for hydroxylation is 1. The summed E-state index contributed by atoms with van der Waals surface area (Å²) in [6.07, 6.45) is 4.12. The van der Waals surface area contributed by atoms with Crippen molar-refractivity contribution >= 4 is 5.97 Å². The molecule has 0 N–H and O–H groups in total. The summed E-state index contributed by atoms with van der Waals surface area (Å²) in [7, 11) is 1.89. The fourth-order valence-electron chi connectivity index (χ4n) is 2.82. The first kappa shape index (κ1) is 15.0. The van der Waals surface area contributed by atoms with E-state index in [0.29, 0.717) is 24.1 Å². The van der Waals surface area contributed by atoms with Crippen molar-refractivity contribution in [1.29, 1.82) is 0 Å². The van der Waals surface area contributed by atoms with E-state index in [1.54, 1.807) is 10.9 Å². The number of hydrogen-bond donors (Lipinski definition) is 0. The average molecular weight is 279 g/mol. The molecule has 0 amide bonds. The molecule has 0 spiro atoms. The Balaban J connectivity index is 2.15. The Hall–Kier alpha value is -1.36. The normalized spacial score (nSPS) is 23.8. The highest BCUT2D eigenvalue weighted by Gasteiger charge is 2.26. The van der Waals surface area contributed by atoms with Crippen molar-refractivity contribution in [2.24, 2.45) is 13.0 Å². The lowest BCUT2D eigenvalue weighted by Crippen LogP contribution is -2.41. The molecule has 0 aliphatic carbocycles. The summed E-state index contributed by atoms with van der Waals surface area (Å²) in [5, 5.41) is 4.22. The molecule has 2 atom stereocenters. The lowest BCUT2D eigenvalue weighted by molar-refractivity contribution is 0.0520. The second-order valence-corrected chi connectivity index (χ2v) is 5.81. The van der Waals surface area contributed by atoms with E-state index in [1.807, 2.05) is 14.0 Å². The lowest BCUT2D eigenvalue weighted by Gasteiger charge is -2.36. The van der Waals surface area contributed by atoms with E-state index in [9.17, 15) is 4.79 Å². The number of hydrogen-bond acceptors (Lipinski definition) is 4. The van der Waals surface area contributed by atoms with E-state index in [4.69, 9.17) is 4.74 Å². The molecule has 1 aromatic rings. The summed E-state index contributed by atoms with van der Waals surface area (Å²) in [5.41, 5.74) is 1.55. The van der Waals surface area contributed by atoms with Gasteiger partial charge >= 0.3 is 5.97 Å². The highest BCUT2D eigenvalue weighted by Crippen LogP contribution is 2.24. The lowest BCUT2D eigenvalue weighted by atomic mass is 9.95. The smallest absolute Gasteiger partial charge is 0.341 e. The second-order valence-electron chi connectivity index (χ2n) is 5.81. The molecule has 2 unspecified atom stereocenters. The molecule has 1 aliphatic heterocycles.